The Bertz CT molecular complexity index is 874. The maximum absolute atomic E-state index is 13.0. The Morgan fingerprint density at radius 2 is 1.80 bits per heavy atom. The number of carbonyl (C=O) groups excluding carboxylic acids is 2. The van der Waals surface area contributed by atoms with Gasteiger partial charge in [-0.05, 0) is 55.8 Å². The van der Waals surface area contributed by atoms with E-state index in [4.69, 9.17) is 16.3 Å². The molecule has 0 radical (unpaired) electrons. The van der Waals surface area contributed by atoms with E-state index < -0.39 is 18.4 Å². The van der Waals surface area contributed by atoms with Crippen LogP contribution in [-0.4, -0.2) is 52.5 Å². The molecular weight excluding hydrogens is 408 g/mol. The smallest absolute Gasteiger partial charge is 0.331 e. The van der Waals surface area contributed by atoms with Crippen molar-refractivity contribution >= 4 is 29.4 Å². The number of benzene rings is 2. The number of hydrogen-bond donors (Lipinski definition) is 3. The molecule has 0 aromatic heterocycles. The van der Waals surface area contributed by atoms with E-state index in [1.54, 1.807) is 12.1 Å². The molecule has 1 heterocycles. The van der Waals surface area contributed by atoms with E-state index in [0.29, 0.717) is 10.7 Å². The molecule has 8 nitrogen and oxygen atoms in total. The van der Waals surface area contributed by atoms with Gasteiger partial charge in [0, 0.05) is 10.7 Å². The molecule has 4 amide bonds. The molecule has 0 bridgehead atoms. The van der Waals surface area contributed by atoms with E-state index in [1.807, 2.05) is 50.2 Å². The Kier molecular flexibility index (Phi) is 7.02. The van der Waals surface area contributed by atoms with Gasteiger partial charge >= 0.3 is 12.1 Å². The molecule has 0 spiro atoms. The Hall–Kier alpha value is -2.97. The van der Waals surface area contributed by atoms with Crippen molar-refractivity contribution in [3.63, 3.8) is 0 Å². The van der Waals surface area contributed by atoms with Crippen LogP contribution in [0.5, 0.6) is 5.75 Å². The molecule has 2 aromatic rings. The molecule has 1 unspecified atom stereocenters. The van der Waals surface area contributed by atoms with Crippen molar-refractivity contribution in [1.29, 1.82) is 0 Å². The fraction of sp³-hybridized carbons (Fsp3) is 0.333. The number of aliphatic hydroxyl groups excluding tert-OH is 1. The van der Waals surface area contributed by atoms with Crippen LogP contribution in [0.15, 0.2) is 48.5 Å². The molecule has 160 valence electrons. The van der Waals surface area contributed by atoms with Gasteiger partial charge in [-0.25, -0.2) is 14.5 Å². The Balaban J connectivity index is 1.80. The van der Waals surface area contributed by atoms with E-state index in [2.05, 4.69) is 10.6 Å². The highest BCUT2D eigenvalue weighted by Crippen LogP contribution is 2.21. The molecule has 3 N–H and O–H groups in total. The minimum absolute atomic E-state index is 0.0615. The summed E-state index contributed by atoms with van der Waals surface area (Å²) in [6.07, 6.45) is -0.709. The minimum atomic E-state index is -0.771. The monoisotopic (exact) mass is 432 g/mol. The zero-order chi connectivity index (χ0) is 21.7. The normalized spacial score (nSPS) is 16.6. The number of nitrogens with one attached hydrogen (secondary N) is 2. The molecule has 1 atom stereocenters. The Morgan fingerprint density at radius 3 is 2.40 bits per heavy atom. The van der Waals surface area contributed by atoms with Gasteiger partial charge in [-0.3, -0.25) is 10.2 Å². The highest BCUT2D eigenvalue weighted by Gasteiger charge is 2.38. The third-order valence-electron chi connectivity index (χ3n) is 4.41. The highest BCUT2D eigenvalue weighted by atomic mass is 35.5. The molecule has 1 aliphatic rings. The number of aliphatic hydroxyl groups is 1. The number of carbonyl (C=O) groups is 2. The summed E-state index contributed by atoms with van der Waals surface area (Å²) in [5.74, 6) is 0.728. The number of β-amino-alcohol motifs (C(OH)–C–C–N with tert-alkyl or cyclic N) is 1. The first-order valence-corrected chi connectivity index (χ1v) is 10.0. The predicted molar refractivity (Wildman–Crippen MR) is 114 cm³/mol. The first kappa shape index (κ1) is 21.7. The zero-order valence-electron chi connectivity index (χ0n) is 16.8. The quantitative estimate of drug-likeness (QED) is 0.593. The van der Waals surface area contributed by atoms with Gasteiger partial charge in [-0.2, -0.15) is 0 Å². The molecule has 3 rings (SSSR count). The number of hydrogen-bond acceptors (Lipinski definition) is 5. The van der Waals surface area contributed by atoms with Gasteiger partial charge in [0.05, 0.1) is 25.8 Å². The topological polar surface area (TPSA) is 94.1 Å². The number of nitrogens with zero attached hydrogens (tertiary/aromatic N) is 2. The van der Waals surface area contributed by atoms with Crippen LogP contribution in [0.1, 0.15) is 19.4 Å². The van der Waals surface area contributed by atoms with E-state index in [9.17, 15) is 14.7 Å². The largest absolute Gasteiger partial charge is 0.491 e. The summed E-state index contributed by atoms with van der Waals surface area (Å²) in [5.41, 5.74) is 1.56. The molecular formula is C21H25ClN4O4. The third-order valence-corrected chi connectivity index (χ3v) is 4.66. The molecule has 1 saturated heterocycles. The van der Waals surface area contributed by atoms with Crippen LogP contribution in [0.3, 0.4) is 0 Å². The maximum Gasteiger partial charge on any atom is 0.331 e. The summed E-state index contributed by atoms with van der Waals surface area (Å²) in [6, 6.07) is 13.3. The fourth-order valence-electron chi connectivity index (χ4n) is 3.04. The highest BCUT2D eigenvalue weighted by molar-refractivity contribution is 6.30. The summed E-state index contributed by atoms with van der Waals surface area (Å²) in [5, 5.41) is 15.8. The molecule has 2 aromatic carbocycles. The number of imide groups is 1. The van der Waals surface area contributed by atoms with Crippen LogP contribution in [0.2, 0.25) is 5.02 Å². The van der Waals surface area contributed by atoms with Gasteiger partial charge in [0.15, 0.2) is 6.29 Å². The van der Waals surface area contributed by atoms with Crippen LogP contribution in [-0.2, 0) is 6.54 Å². The van der Waals surface area contributed by atoms with Crippen molar-refractivity contribution in [3.8, 4) is 5.75 Å². The lowest BCUT2D eigenvalue weighted by Crippen LogP contribution is -2.67. The van der Waals surface area contributed by atoms with Crippen molar-refractivity contribution in [3.05, 3.63) is 59.1 Å². The fourth-order valence-corrected chi connectivity index (χ4v) is 3.17. The van der Waals surface area contributed by atoms with Gasteiger partial charge in [-0.15, -0.1) is 0 Å². The number of halogens is 1. The van der Waals surface area contributed by atoms with Gasteiger partial charge in [0.25, 0.3) is 0 Å². The van der Waals surface area contributed by atoms with Crippen molar-refractivity contribution in [2.45, 2.75) is 32.8 Å². The number of amides is 4. The van der Waals surface area contributed by atoms with Crippen LogP contribution < -0.4 is 15.4 Å². The van der Waals surface area contributed by atoms with Crippen molar-refractivity contribution in [2.24, 2.45) is 0 Å². The van der Waals surface area contributed by atoms with E-state index in [1.165, 1.54) is 4.90 Å². The van der Waals surface area contributed by atoms with E-state index in [-0.39, 0.29) is 25.8 Å². The lowest BCUT2D eigenvalue weighted by atomic mass is 10.2. The van der Waals surface area contributed by atoms with Crippen LogP contribution in [0.4, 0.5) is 15.3 Å². The molecule has 9 heteroatoms. The van der Waals surface area contributed by atoms with Crippen molar-refractivity contribution < 1.29 is 19.4 Å². The minimum Gasteiger partial charge on any atom is -0.491 e. The maximum atomic E-state index is 13.0. The second kappa shape index (κ2) is 9.69. The first-order chi connectivity index (χ1) is 14.4. The first-order valence-electron chi connectivity index (χ1n) is 9.64. The standard InChI is InChI=1S/C21H25ClN4O4/c1-14(2)30-18-9-7-17(8-10-18)23-19-24-20(28)25(11-12-27)21(29)26(19)13-15-3-5-16(22)6-4-15/h3-10,14,19,23,27H,11-13H2,1-2H3,(H,24,28). The van der Waals surface area contributed by atoms with Crippen molar-refractivity contribution in [2.75, 3.05) is 18.5 Å². The van der Waals surface area contributed by atoms with Gasteiger partial charge in [0.1, 0.15) is 5.75 Å². The Labute approximate surface area is 180 Å². The number of urea groups is 2. The molecule has 1 fully saturated rings. The SMILES string of the molecule is CC(C)Oc1ccc(NC2NC(=O)N(CCO)C(=O)N2Cc2ccc(Cl)cc2)cc1. The lowest BCUT2D eigenvalue weighted by molar-refractivity contribution is 0.0992. The summed E-state index contributed by atoms with van der Waals surface area (Å²) >= 11 is 5.95. The van der Waals surface area contributed by atoms with Crippen LogP contribution in [0.25, 0.3) is 0 Å². The molecule has 1 aliphatic heterocycles. The van der Waals surface area contributed by atoms with Crippen LogP contribution >= 0.6 is 11.6 Å². The van der Waals surface area contributed by atoms with E-state index >= 15 is 0 Å². The molecule has 30 heavy (non-hydrogen) atoms. The number of ether oxygens (including phenoxy) is 1. The second-order valence-corrected chi connectivity index (χ2v) is 7.54. The van der Waals surface area contributed by atoms with Gasteiger partial charge in [0.2, 0.25) is 0 Å². The summed E-state index contributed by atoms with van der Waals surface area (Å²) in [4.78, 5) is 27.8. The van der Waals surface area contributed by atoms with Gasteiger partial charge in [-0.1, -0.05) is 23.7 Å². The second-order valence-electron chi connectivity index (χ2n) is 7.10. The zero-order valence-corrected chi connectivity index (χ0v) is 17.6. The number of rotatable bonds is 8. The third kappa shape index (κ3) is 5.34. The summed E-state index contributed by atoms with van der Waals surface area (Å²) in [6.45, 7) is 3.73. The molecule has 0 aliphatic carbocycles. The van der Waals surface area contributed by atoms with E-state index in [0.717, 1.165) is 16.2 Å². The number of anilines is 1. The summed E-state index contributed by atoms with van der Waals surface area (Å²) < 4.78 is 5.64. The van der Waals surface area contributed by atoms with Gasteiger partial charge < -0.3 is 15.2 Å². The average molecular weight is 433 g/mol. The van der Waals surface area contributed by atoms with Crippen LogP contribution in [0, 0.1) is 0 Å². The Morgan fingerprint density at radius 1 is 1.13 bits per heavy atom. The average Bonchev–Trinajstić information content (AvgIpc) is 2.70. The molecule has 0 saturated carbocycles. The van der Waals surface area contributed by atoms with Crippen molar-refractivity contribution in [1.82, 2.24) is 15.1 Å². The summed E-state index contributed by atoms with van der Waals surface area (Å²) in [7, 11) is 0. The lowest BCUT2D eigenvalue weighted by Gasteiger charge is -2.41. The predicted octanol–water partition coefficient (Wildman–Crippen LogP) is 3.46.